The minimum atomic E-state index is -1.69. The molecule has 5 heteroatoms. The van der Waals surface area contributed by atoms with Crippen molar-refractivity contribution in [2.24, 2.45) is 11.8 Å². The Bertz CT molecular complexity index is 679. The van der Waals surface area contributed by atoms with Gasteiger partial charge in [-0.3, -0.25) is 4.79 Å². The number of unbranched alkanes of at least 4 members (excludes halogenated alkanes) is 6. The molecule has 222 valence electrons. The predicted molar refractivity (Wildman–Crippen MR) is 165 cm³/mol. The van der Waals surface area contributed by atoms with Crippen LogP contribution in [0.3, 0.4) is 0 Å². The number of esters is 1. The van der Waals surface area contributed by atoms with E-state index in [1.807, 2.05) is 6.08 Å². The van der Waals surface area contributed by atoms with Gasteiger partial charge in [0.25, 0.3) is 0 Å². The number of allylic oxidation sites excluding steroid dienone is 3. The molecule has 1 N–H and O–H groups in total. The summed E-state index contributed by atoms with van der Waals surface area (Å²) in [5.41, 5.74) is 0. The molecule has 38 heavy (non-hydrogen) atoms. The van der Waals surface area contributed by atoms with Gasteiger partial charge in [-0.05, 0) is 81.0 Å². The van der Waals surface area contributed by atoms with Gasteiger partial charge in [-0.1, -0.05) is 97.3 Å². The predicted octanol–water partition coefficient (Wildman–Crippen LogP) is 9.53. The quantitative estimate of drug-likeness (QED) is 0.0607. The first kappa shape index (κ1) is 35.1. The summed E-state index contributed by atoms with van der Waals surface area (Å²) in [6.07, 6.45) is 25.3. The normalized spacial score (nSPS) is 21.1. The third-order valence-corrected chi connectivity index (χ3v) is 13.3. The lowest BCUT2D eigenvalue weighted by molar-refractivity contribution is -0.144. The molecule has 4 atom stereocenters. The zero-order valence-corrected chi connectivity index (χ0v) is 27.1. The number of carbonyl (C=O) groups excluding carboxylic acids is 1. The van der Waals surface area contributed by atoms with E-state index in [-0.39, 0.29) is 23.2 Å². The lowest BCUT2D eigenvalue weighted by Crippen LogP contribution is -2.41. The summed E-state index contributed by atoms with van der Waals surface area (Å²) in [5, 5.41) is 11.4. The van der Waals surface area contributed by atoms with E-state index in [0.29, 0.717) is 11.8 Å². The summed E-state index contributed by atoms with van der Waals surface area (Å²) >= 11 is 0. The van der Waals surface area contributed by atoms with Crippen molar-refractivity contribution in [3.05, 3.63) is 24.3 Å². The molecule has 0 aliphatic heterocycles. The summed E-state index contributed by atoms with van der Waals surface area (Å²) < 4.78 is 11.9. The van der Waals surface area contributed by atoms with Gasteiger partial charge in [-0.15, -0.1) is 0 Å². The van der Waals surface area contributed by atoms with Crippen molar-refractivity contribution in [1.82, 2.24) is 0 Å². The SMILES string of the molecule is CCCCCCCCC(/C=C/C=C/[C@@H]1CCCCC[C@@H]1C(O)CCCCO[Si](C)(C)C(C)(C)C)OC(C)=O. The van der Waals surface area contributed by atoms with Crippen LogP contribution in [0.15, 0.2) is 24.3 Å². The average Bonchev–Trinajstić information content (AvgIpc) is 3.08. The van der Waals surface area contributed by atoms with Gasteiger partial charge in [-0.25, -0.2) is 0 Å². The van der Waals surface area contributed by atoms with Crippen molar-refractivity contribution >= 4 is 14.3 Å². The molecule has 0 amide bonds. The standard InChI is InChI=1S/C33H62O4Si/c1-8-9-10-11-12-15-23-30(37-28(2)34)24-18-17-22-29-21-14-13-16-25-31(29)32(35)26-19-20-27-36-38(6,7)33(3,4)5/h17-18,22,24,29-32,35H,8-16,19-21,23,25-27H2,1-7H3/b22-17+,24-18+/t29-,30?,31-,32?/m0/s1. The van der Waals surface area contributed by atoms with E-state index in [9.17, 15) is 9.90 Å². The Labute approximate surface area is 237 Å². The number of ether oxygens (including phenoxy) is 1. The molecular formula is C33H62O4Si. The summed E-state index contributed by atoms with van der Waals surface area (Å²) in [4.78, 5) is 11.6. The molecule has 0 heterocycles. The molecule has 0 aromatic carbocycles. The van der Waals surface area contributed by atoms with Crippen LogP contribution in [0.1, 0.15) is 131 Å². The van der Waals surface area contributed by atoms with Crippen molar-refractivity contribution in [2.75, 3.05) is 6.61 Å². The van der Waals surface area contributed by atoms with Crippen LogP contribution in [0, 0.1) is 11.8 Å². The number of aliphatic hydroxyl groups is 1. The summed E-state index contributed by atoms with van der Waals surface area (Å²) in [6.45, 7) is 16.0. The van der Waals surface area contributed by atoms with E-state index in [2.05, 4.69) is 59.0 Å². The number of carbonyl (C=O) groups is 1. The Morgan fingerprint density at radius 3 is 2.29 bits per heavy atom. The van der Waals surface area contributed by atoms with Gasteiger partial charge in [-0.2, -0.15) is 0 Å². The zero-order valence-electron chi connectivity index (χ0n) is 26.1. The van der Waals surface area contributed by atoms with Crippen LogP contribution < -0.4 is 0 Å². The second-order valence-electron chi connectivity index (χ2n) is 13.1. The van der Waals surface area contributed by atoms with Crippen LogP contribution in [0.4, 0.5) is 0 Å². The van der Waals surface area contributed by atoms with E-state index in [0.717, 1.165) is 51.6 Å². The molecule has 2 unspecified atom stereocenters. The maximum absolute atomic E-state index is 11.6. The van der Waals surface area contributed by atoms with Gasteiger partial charge in [0.05, 0.1) is 6.10 Å². The van der Waals surface area contributed by atoms with Gasteiger partial charge >= 0.3 is 5.97 Å². The third kappa shape index (κ3) is 15.0. The van der Waals surface area contributed by atoms with Crippen LogP contribution in [-0.2, 0) is 14.0 Å². The summed E-state index contributed by atoms with van der Waals surface area (Å²) in [7, 11) is -1.69. The average molecular weight is 551 g/mol. The van der Waals surface area contributed by atoms with Crippen LogP contribution in [0.2, 0.25) is 18.1 Å². The number of aliphatic hydroxyl groups excluding tert-OH is 1. The highest BCUT2D eigenvalue weighted by atomic mass is 28.4. The van der Waals surface area contributed by atoms with Crippen molar-refractivity contribution in [1.29, 1.82) is 0 Å². The monoisotopic (exact) mass is 550 g/mol. The molecule has 1 aliphatic rings. The molecule has 1 fully saturated rings. The van der Waals surface area contributed by atoms with Gasteiger partial charge in [0.1, 0.15) is 6.10 Å². The minimum absolute atomic E-state index is 0.146. The largest absolute Gasteiger partial charge is 0.458 e. The Morgan fingerprint density at radius 2 is 1.61 bits per heavy atom. The van der Waals surface area contributed by atoms with E-state index < -0.39 is 8.32 Å². The van der Waals surface area contributed by atoms with E-state index in [1.54, 1.807) is 0 Å². The van der Waals surface area contributed by atoms with Gasteiger partial charge in [0.2, 0.25) is 0 Å². The lowest BCUT2D eigenvalue weighted by atomic mass is 9.81. The maximum atomic E-state index is 11.6. The van der Waals surface area contributed by atoms with E-state index in [4.69, 9.17) is 9.16 Å². The molecule has 0 aromatic rings. The fourth-order valence-corrected chi connectivity index (χ4v) is 6.31. The van der Waals surface area contributed by atoms with Crippen LogP contribution in [0.25, 0.3) is 0 Å². The number of hydrogen-bond donors (Lipinski definition) is 1. The van der Waals surface area contributed by atoms with Crippen molar-refractivity contribution < 1.29 is 19.1 Å². The fourth-order valence-electron chi connectivity index (χ4n) is 5.22. The third-order valence-electron chi connectivity index (χ3n) is 8.74. The molecule has 4 nitrogen and oxygen atoms in total. The van der Waals surface area contributed by atoms with E-state index in [1.165, 1.54) is 58.3 Å². The topological polar surface area (TPSA) is 55.8 Å². The first-order valence-corrected chi connectivity index (χ1v) is 18.7. The zero-order chi connectivity index (χ0) is 28.4. The maximum Gasteiger partial charge on any atom is 0.303 e. The summed E-state index contributed by atoms with van der Waals surface area (Å²) in [6, 6.07) is 0. The molecule has 0 radical (unpaired) electrons. The molecule has 1 aliphatic carbocycles. The number of rotatable bonds is 18. The molecule has 0 saturated heterocycles. The Morgan fingerprint density at radius 1 is 0.947 bits per heavy atom. The molecule has 0 bridgehead atoms. The van der Waals surface area contributed by atoms with Crippen molar-refractivity contribution in [3.8, 4) is 0 Å². The Kier molecular flexibility index (Phi) is 17.8. The molecule has 0 spiro atoms. The first-order valence-electron chi connectivity index (χ1n) is 15.8. The number of hydrogen-bond acceptors (Lipinski definition) is 4. The Hall–Kier alpha value is -0.913. The highest BCUT2D eigenvalue weighted by Crippen LogP contribution is 2.37. The van der Waals surface area contributed by atoms with Crippen LogP contribution >= 0.6 is 0 Å². The highest BCUT2D eigenvalue weighted by molar-refractivity contribution is 6.74. The first-order chi connectivity index (χ1) is 18.0. The van der Waals surface area contributed by atoms with Crippen LogP contribution in [0.5, 0.6) is 0 Å². The van der Waals surface area contributed by atoms with Gasteiger partial charge in [0, 0.05) is 13.5 Å². The van der Waals surface area contributed by atoms with Gasteiger partial charge < -0.3 is 14.3 Å². The summed E-state index contributed by atoms with van der Waals surface area (Å²) in [5.74, 6) is 0.526. The molecule has 1 saturated carbocycles. The fraction of sp³-hybridized carbons (Fsp3) is 0.848. The molecule has 1 rings (SSSR count). The van der Waals surface area contributed by atoms with Gasteiger partial charge in [0.15, 0.2) is 8.32 Å². The molecular weight excluding hydrogens is 488 g/mol. The second-order valence-corrected chi connectivity index (χ2v) is 17.9. The Balaban J connectivity index is 2.57. The smallest absolute Gasteiger partial charge is 0.303 e. The lowest BCUT2D eigenvalue weighted by Gasteiger charge is -2.36. The van der Waals surface area contributed by atoms with Crippen LogP contribution in [-0.4, -0.2) is 38.2 Å². The minimum Gasteiger partial charge on any atom is -0.458 e. The van der Waals surface area contributed by atoms with Crippen molar-refractivity contribution in [2.45, 2.75) is 161 Å². The second kappa shape index (κ2) is 19.2. The highest BCUT2D eigenvalue weighted by Gasteiger charge is 2.36. The molecule has 0 aromatic heterocycles. The van der Waals surface area contributed by atoms with E-state index >= 15 is 0 Å². The van der Waals surface area contributed by atoms with Crippen molar-refractivity contribution in [3.63, 3.8) is 0 Å².